The van der Waals surface area contributed by atoms with Crippen molar-refractivity contribution in [3.05, 3.63) is 0 Å². The third-order valence-corrected chi connectivity index (χ3v) is 16.6. The van der Waals surface area contributed by atoms with Gasteiger partial charge >= 0.3 is 0 Å². The van der Waals surface area contributed by atoms with Crippen molar-refractivity contribution in [2.45, 2.75) is 165 Å². The van der Waals surface area contributed by atoms with Crippen molar-refractivity contribution in [1.82, 2.24) is 0 Å². The molecular weight excluding hydrogens is 386 g/mol. The summed E-state index contributed by atoms with van der Waals surface area (Å²) in [5, 5.41) is 0.942. The Morgan fingerprint density at radius 3 is 1.45 bits per heavy atom. The van der Waals surface area contributed by atoms with Gasteiger partial charge in [-0.1, -0.05) is 109 Å². The molecule has 0 aliphatic heterocycles. The van der Waals surface area contributed by atoms with Gasteiger partial charge in [-0.25, -0.2) is 0 Å². The lowest BCUT2D eigenvalue weighted by atomic mass is 9.99. The first-order valence-corrected chi connectivity index (χ1v) is 16.1. The first kappa shape index (κ1) is 24.5. The molecule has 3 fully saturated rings. The summed E-state index contributed by atoms with van der Waals surface area (Å²) in [5.41, 5.74) is 4.32. The zero-order chi connectivity index (χ0) is 21.2. The van der Waals surface area contributed by atoms with Gasteiger partial charge < -0.3 is 0 Å². The molecule has 3 aliphatic carbocycles. The second-order valence-corrected chi connectivity index (χ2v) is 19.9. The SMILES string of the molecule is CC(C1CCCC1P(C1CCCCC1)C1CCCCC1)P(C(C)(C)C)C(C)(C)C. The largest absolute Gasteiger partial charge is 0.0968 e. The molecule has 0 aromatic carbocycles. The van der Waals surface area contributed by atoms with Crippen molar-refractivity contribution in [1.29, 1.82) is 0 Å². The summed E-state index contributed by atoms with van der Waals surface area (Å²) in [6.45, 7) is 18.0. The number of hydrogen-bond donors (Lipinski definition) is 0. The lowest BCUT2D eigenvalue weighted by Gasteiger charge is -2.51. The molecule has 0 saturated heterocycles. The van der Waals surface area contributed by atoms with Crippen LogP contribution in [0.25, 0.3) is 0 Å². The Morgan fingerprint density at radius 2 is 1.03 bits per heavy atom. The maximum Gasteiger partial charge on any atom is -0.0170 e. The molecule has 0 spiro atoms. The molecule has 0 nitrogen and oxygen atoms in total. The summed E-state index contributed by atoms with van der Waals surface area (Å²) in [6, 6.07) is 0. The van der Waals surface area contributed by atoms with Gasteiger partial charge in [0.1, 0.15) is 0 Å². The summed E-state index contributed by atoms with van der Waals surface area (Å²) in [6.07, 6.45) is 20.2. The van der Waals surface area contributed by atoms with Gasteiger partial charge in [0.2, 0.25) is 0 Å². The van der Waals surface area contributed by atoms with Gasteiger partial charge in [-0.15, -0.1) is 0 Å². The monoisotopic (exact) mass is 438 g/mol. The Kier molecular flexibility index (Phi) is 8.62. The van der Waals surface area contributed by atoms with Crippen LogP contribution >= 0.6 is 15.8 Å². The maximum atomic E-state index is 2.71. The summed E-state index contributed by atoms with van der Waals surface area (Å²) in [7, 11) is 0.253. The summed E-state index contributed by atoms with van der Waals surface area (Å²) in [5.74, 6) is 1.04. The van der Waals surface area contributed by atoms with E-state index in [1.54, 1.807) is 64.2 Å². The molecule has 0 N–H and O–H groups in total. The molecule has 29 heavy (non-hydrogen) atoms. The van der Waals surface area contributed by atoms with Crippen LogP contribution in [0, 0.1) is 5.92 Å². The molecule has 170 valence electrons. The predicted molar refractivity (Wildman–Crippen MR) is 138 cm³/mol. The van der Waals surface area contributed by atoms with Gasteiger partial charge in [0.25, 0.3) is 0 Å². The Labute approximate surface area is 186 Å². The van der Waals surface area contributed by atoms with Gasteiger partial charge in [-0.3, -0.25) is 0 Å². The van der Waals surface area contributed by atoms with E-state index in [0.29, 0.717) is 10.3 Å². The van der Waals surface area contributed by atoms with E-state index in [0.717, 1.165) is 28.6 Å². The minimum atomic E-state index is 0.00912. The molecule has 3 unspecified atom stereocenters. The Balaban J connectivity index is 1.86. The lowest BCUT2D eigenvalue weighted by Crippen LogP contribution is -2.37. The highest BCUT2D eigenvalue weighted by molar-refractivity contribution is 7.62. The van der Waals surface area contributed by atoms with Crippen LogP contribution in [0.4, 0.5) is 0 Å². The zero-order valence-electron chi connectivity index (χ0n) is 21.0. The van der Waals surface area contributed by atoms with Gasteiger partial charge in [-0.05, 0) is 77.4 Å². The third kappa shape index (κ3) is 6.01. The average molecular weight is 439 g/mol. The van der Waals surface area contributed by atoms with E-state index >= 15 is 0 Å². The second-order valence-electron chi connectivity index (χ2n) is 12.6. The quantitative estimate of drug-likeness (QED) is 0.375. The van der Waals surface area contributed by atoms with Crippen LogP contribution in [-0.2, 0) is 0 Å². The van der Waals surface area contributed by atoms with Gasteiger partial charge in [0.15, 0.2) is 0 Å². The van der Waals surface area contributed by atoms with Crippen LogP contribution in [0.5, 0.6) is 0 Å². The van der Waals surface area contributed by atoms with E-state index in [9.17, 15) is 0 Å². The van der Waals surface area contributed by atoms with Crippen LogP contribution in [0.2, 0.25) is 0 Å². The zero-order valence-corrected chi connectivity index (χ0v) is 22.8. The lowest BCUT2D eigenvalue weighted by molar-refractivity contribution is 0.466. The molecule has 3 rings (SSSR count). The minimum Gasteiger partial charge on any atom is -0.0968 e. The molecule has 3 aliphatic rings. The highest BCUT2D eigenvalue weighted by Gasteiger charge is 2.48. The normalized spacial score (nSPS) is 29.7. The van der Waals surface area contributed by atoms with E-state index in [1.807, 2.05) is 0 Å². The number of hydrogen-bond acceptors (Lipinski definition) is 0. The first-order chi connectivity index (χ1) is 13.6. The van der Waals surface area contributed by atoms with Gasteiger partial charge in [-0.2, -0.15) is 0 Å². The second kappa shape index (κ2) is 10.2. The van der Waals surface area contributed by atoms with Crippen molar-refractivity contribution in [3.63, 3.8) is 0 Å². The standard InChI is InChI=1S/C27H52P2/c1-21(29(26(2,3)4)27(5,6)7)24-19-14-20-25(24)28(22-15-10-8-11-16-22)23-17-12-9-13-18-23/h21-25H,8-20H2,1-7H3. The maximum absolute atomic E-state index is 2.71. The Morgan fingerprint density at radius 1 is 0.586 bits per heavy atom. The predicted octanol–water partition coefficient (Wildman–Crippen LogP) is 9.77. The first-order valence-electron chi connectivity index (χ1n) is 13.2. The van der Waals surface area contributed by atoms with E-state index in [1.165, 1.54) is 19.3 Å². The van der Waals surface area contributed by atoms with Crippen molar-refractivity contribution < 1.29 is 0 Å². The molecule has 2 heteroatoms. The highest BCUT2D eigenvalue weighted by Crippen LogP contribution is 2.70. The summed E-state index contributed by atoms with van der Waals surface area (Å²) < 4.78 is 0. The Bertz CT molecular complexity index is 456. The Hall–Kier alpha value is 0.860. The molecule has 0 aromatic heterocycles. The molecule has 0 heterocycles. The van der Waals surface area contributed by atoms with E-state index in [-0.39, 0.29) is 15.8 Å². The minimum absolute atomic E-state index is 0.00912. The van der Waals surface area contributed by atoms with Crippen LogP contribution in [-0.4, -0.2) is 32.9 Å². The molecule has 0 bridgehead atoms. The molecule has 3 atom stereocenters. The smallest absolute Gasteiger partial charge is 0.0170 e. The molecule has 0 radical (unpaired) electrons. The van der Waals surface area contributed by atoms with Crippen molar-refractivity contribution in [2.24, 2.45) is 5.92 Å². The topological polar surface area (TPSA) is 0 Å². The molecule has 3 saturated carbocycles. The van der Waals surface area contributed by atoms with Gasteiger partial charge in [0.05, 0.1) is 0 Å². The average Bonchev–Trinajstić information content (AvgIpc) is 3.11. The summed E-state index contributed by atoms with van der Waals surface area (Å²) >= 11 is 0. The fraction of sp³-hybridized carbons (Fsp3) is 1.00. The molecule has 0 amide bonds. The number of rotatable bonds is 5. The van der Waals surface area contributed by atoms with Crippen molar-refractivity contribution >= 4 is 15.8 Å². The van der Waals surface area contributed by atoms with E-state index < -0.39 is 0 Å². The van der Waals surface area contributed by atoms with Crippen molar-refractivity contribution in [2.75, 3.05) is 0 Å². The summed E-state index contributed by atoms with van der Waals surface area (Å²) in [4.78, 5) is 0. The molecule has 0 aromatic rings. The van der Waals surface area contributed by atoms with Crippen LogP contribution in [0.3, 0.4) is 0 Å². The third-order valence-electron chi connectivity index (χ3n) is 8.38. The molecular formula is C27H52P2. The van der Waals surface area contributed by atoms with Crippen LogP contribution in [0.1, 0.15) is 132 Å². The fourth-order valence-electron chi connectivity index (χ4n) is 7.92. The van der Waals surface area contributed by atoms with Crippen LogP contribution in [0.15, 0.2) is 0 Å². The fourth-order valence-corrected chi connectivity index (χ4v) is 18.2. The highest BCUT2D eigenvalue weighted by atomic mass is 31.1. The van der Waals surface area contributed by atoms with Gasteiger partial charge in [0, 0.05) is 0 Å². The van der Waals surface area contributed by atoms with Crippen LogP contribution < -0.4 is 0 Å². The van der Waals surface area contributed by atoms with E-state index in [4.69, 9.17) is 0 Å². The van der Waals surface area contributed by atoms with Crippen molar-refractivity contribution in [3.8, 4) is 0 Å². The van der Waals surface area contributed by atoms with E-state index in [2.05, 4.69) is 48.5 Å².